The lowest BCUT2D eigenvalue weighted by molar-refractivity contribution is -0.186. The van der Waals surface area contributed by atoms with Gasteiger partial charge in [0.05, 0.1) is 23.6 Å². The van der Waals surface area contributed by atoms with Gasteiger partial charge in [0, 0.05) is 30.4 Å². The summed E-state index contributed by atoms with van der Waals surface area (Å²) >= 11 is 0. The highest BCUT2D eigenvalue weighted by molar-refractivity contribution is 5.96. The average Bonchev–Trinajstić information content (AvgIpc) is 3.58. The van der Waals surface area contributed by atoms with E-state index < -0.39 is 53.8 Å². The first-order valence-electron chi connectivity index (χ1n) is 11.4. The highest BCUT2D eigenvalue weighted by Gasteiger charge is 2.47. The van der Waals surface area contributed by atoms with Gasteiger partial charge in [-0.1, -0.05) is 12.2 Å². The van der Waals surface area contributed by atoms with Gasteiger partial charge in [0.15, 0.2) is 11.6 Å². The average molecular weight is 514 g/mol. The number of hydrogen-bond donors (Lipinski definition) is 1. The van der Waals surface area contributed by atoms with Crippen LogP contribution in [0.2, 0.25) is 0 Å². The van der Waals surface area contributed by atoms with Crippen molar-refractivity contribution >= 4 is 28.9 Å². The third kappa shape index (κ3) is 4.86. The second-order valence-electron chi connectivity index (χ2n) is 8.85. The molecule has 4 rings (SSSR count). The maximum absolute atomic E-state index is 14.9. The predicted molar refractivity (Wildman–Crippen MR) is 118 cm³/mol. The summed E-state index contributed by atoms with van der Waals surface area (Å²) in [5.41, 5.74) is -1.43. The SMILES string of the molecule is CCOC(=O)c1cn(C2CC2)c2c(C=CC[C@@H]3C[C@@H](O)CN3C(=O)C(F)(F)F)c(F)c(F)cc2c1=O. The lowest BCUT2D eigenvalue weighted by atomic mass is 10.0. The van der Waals surface area contributed by atoms with Gasteiger partial charge in [-0.2, -0.15) is 13.2 Å². The van der Waals surface area contributed by atoms with Crippen LogP contribution in [0.15, 0.2) is 23.1 Å². The molecule has 1 N–H and O–H groups in total. The second-order valence-corrected chi connectivity index (χ2v) is 8.85. The van der Waals surface area contributed by atoms with Crippen molar-refractivity contribution < 1.29 is 41.4 Å². The van der Waals surface area contributed by atoms with E-state index in [1.807, 2.05) is 0 Å². The summed E-state index contributed by atoms with van der Waals surface area (Å²) in [6, 6.07) is -0.458. The Morgan fingerprint density at radius 2 is 1.94 bits per heavy atom. The lowest BCUT2D eigenvalue weighted by Gasteiger charge is -2.24. The monoisotopic (exact) mass is 514 g/mol. The molecule has 1 saturated carbocycles. The third-order valence-corrected chi connectivity index (χ3v) is 6.27. The molecule has 36 heavy (non-hydrogen) atoms. The minimum Gasteiger partial charge on any atom is -0.462 e. The van der Waals surface area contributed by atoms with Crippen molar-refractivity contribution in [2.45, 2.75) is 57.0 Å². The zero-order chi connectivity index (χ0) is 26.4. The summed E-state index contributed by atoms with van der Waals surface area (Å²) in [5.74, 6) is -5.59. The summed E-state index contributed by atoms with van der Waals surface area (Å²) in [6.07, 6.45) is -1.53. The first-order valence-corrected chi connectivity index (χ1v) is 11.4. The first-order chi connectivity index (χ1) is 16.9. The van der Waals surface area contributed by atoms with Crippen LogP contribution in [-0.4, -0.2) is 57.9 Å². The fraction of sp³-hybridized carbons (Fsp3) is 0.458. The molecule has 194 valence electrons. The lowest BCUT2D eigenvalue weighted by Crippen LogP contribution is -2.44. The van der Waals surface area contributed by atoms with Crippen LogP contribution in [0.1, 0.15) is 54.6 Å². The first kappa shape index (κ1) is 25.8. The van der Waals surface area contributed by atoms with E-state index in [1.54, 1.807) is 6.92 Å². The van der Waals surface area contributed by atoms with E-state index in [2.05, 4.69) is 0 Å². The third-order valence-electron chi connectivity index (χ3n) is 6.27. The van der Waals surface area contributed by atoms with Crippen molar-refractivity contribution in [2.75, 3.05) is 13.2 Å². The minimum absolute atomic E-state index is 0.00916. The number of nitrogens with zero attached hydrogens (tertiary/aromatic N) is 2. The molecule has 1 saturated heterocycles. The Morgan fingerprint density at radius 3 is 2.56 bits per heavy atom. The van der Waals surface area contributed by atoms with E-state index in [-0.39, 0.29) is 47.5 Å². The van der Waals surface area contributed by atoms with Gasteiger partial charge < -0.3 is 19.3 Å². The standard InChI is InChI=1S/C24H23F5N2O5/c1-2-36-22(34)17-11-30(12-6-7-12)20-15(19(26)18(25)9-16(20)21(17)33)5-3-4-13-8-14(32)10-31(13)23(35)24(27,28)29/h3,5,9,11-14,32H,2,4,6-8,10H2,1H3/t13-,14-/m1/s1. The Balaban J connectivity index is 1.75. The number of aromatic nitrogens is 1. The van der Waals surface area contributed by atoms with Gasteiger partial charge in [-0.05, 0) is 38.7 Å². The Morgan fingerprint density at radius 1 is 1.25 bits per heavy atom. The van der Waals surface area contributed by atoms with E-state index in [0.29, 0.717) is 23.8 Å². The topological polar surface area (TPSA) is 88.8 Å². The molecular formula is C24H23F5N2O5. The highest BCUT2D eigenvalue weighted by atomic mass is 19.4. The number of β-amino-alcohol motifs (C(OH)–C–C–N with tert-alkyl or cyclic N) is 1. The van der Waals surface area contributed by atoms with Gasteiger partial charge >= 0.3 is 18.1 Å². The number of aliphatic hydroxyl groups is 1. The largest absolute Gasteiger partial charge is 0.471 e. The number of rotatable bonds is 6. The second kappa shape index (κ2) is 9.64. The molecule has 1 aromatic carbocycles. The number of carbonyl (C=O) groups is 2. The zero-order valence-electron chi connectivity index (χ0n) is 19.1. The molecule has 2 aromatic rings. The van der Waals surface area contributed by atoms with E-state index in [9.17, 15) is 41.4 Å². The Hall–Kier alpha value is -3.28. The van der Waals surface area contributed by atoms with Crippen LogP contribution in [0, 0.1) is 11.6 Å². The summed E-state index contributed by atoms with van der Waals surface area (Å²) in [6.45, 7) is 1.07. The maximum atomic E-state index is 14.9. The normalized spacial score (nSPS) is 20.5. The van der Waals surface area contributed by atoms with Gasteiger partial charge in [0.1, 0.15) is 5.56 Å². The number of aliphatic hydroxyl groups excluding tert-OH is 1. The van der Waals surface area contributed by atoms with Gasteiger partial charge in [0.25, 0.3) is 0 Å². The fourth-order valence-electron chi connectivity index (χ4n) is 4.51. The van der Waals surface area contributed by atoms with Crippen LogP contribution in [0.5, 0.6) is 0 Å². The number of carbonyl (C=O) groups excluding carboxylic acids is 2. The van der Waals surface area contributed by atoms with E-state index in [1.165, 1.54) is 16.8 Å². The van der Waals surface area contributed by atoms with Gasteiger partial charge in [-0.25, -0.2) is 13.6 Å². The smallest absolute Gasteiger partial charge is 0.462 e. The Kier molecular flexibility index (Phi) is 6.91. The van der Waals surface area contributed by atoms with Crippen LogP contribution in [0.4, 0.5) is 22.0 Å². The van der Waals surface area contributed by atoms with Crippen molar-refractivity contribution in [3.8, 4) is 0 Å². The molecule has 1 aliphatic heterocycles. The molecule has 2 aliphatic rings. The molecule has 1 aromatic heterocycles. The number of esters is 1. The molecule has 0 radical (unpaired) electrons. The number of alkyl halides is 3. The number of amides is 1. The van der Waals surface area contributed by atoms with Crippen molar-refractivity contribution in [2.24, 2.45) is 0 Å². The molecule has 0 unspecified atom stereocenters. The molecule has 12 heteroatoms. The van der Waals surface area contributed by atoms with E-state index in [0.717, 1.165) is 6.08 Å². The van der Waals surface area contributed by atoms with Gasteiger partial charge in [0.2, 0.25) is 5.43 Å². The predicted octanol–water partition coefficient (Wildman–Crippen LogP) is 3.72. The molecule has 0 bridgehead atoms. The molecule has 0 spiro atoms. The van der Waals surface area contributed by atoms with Crippen LogP contribution >= 0.6 is 0 Å². The number of ether oxygens (including phenoxy) is 1. The number of fused-ring (bicyclic) bond motifs is 1. The van der Waals surface area contributed by atoms with E-state index in [4.69, 9.17) is 4.74 Å². The van der Waals surface area contributed by atoms with Crippen LogP contribution in [-0.2, 0) is 9.53 Å². The number of likely N-dealkylation sites (tertiary alicyclic amines) is 1. The fourth-order valence-corrected chi connectivity index (χ4v) is 4.51. The quantitative estimate of drug-likeness (QED) is 0.469. The van der Waals surface area contributed by atoms with Gasteiger partial charge in [-0.15, -0.1) is 0 Å². The van der Waals surface area contributed by atoms with Crippen LogP contribution in [0.25, 0.3) is 17.0 Å². The summed E-state index contributed by atoms with van der Waals surface area (Å²) in [5, 5.41) is 9.56. The molecule has 1 amide bonds. The van der Waals surface area contributed by atoms with Crippen LogP contribution in [0.3, 0.4) is 0 Å². The molecule has 2 heterocycles. The van der Waals surface area contributed by atoms with Crippen LogP contribution < -0.4 is 5.43 Å². The zero-order valence-corrected chi connectivity index (χ0v) is 19.1. The van der Waals surface area contributed by atoms with E-state index >= 15 is 0 Å². The summed E-state index contributed by atoms with van der Waals surface area (Å²) in [7, 11) is 0. The van der Waals surface area contributed by atoms with Crippen molar-refractivity contribution in [1.82, 2.24) is 9.47 Å². The van der Waals surface area contributed by atoms with Crippen molar-refractivity contribution in [1.29, 1.82) is 0 Å². The van der Waals surface area contributed by atoms with Gasteiger partial charge in [-0.3, -0.25) is 9.59 Å². The summed E-state index contributed by atoms with van der Waals surface area (Å²) < 4.78 is 74.6. The molecular weight excluding hydrogens is 491 g/mol. The van der Waals surface area contributed by atoms with Crippen molar-refractivity contribution in [3.63, 3.8) is 0 Å². The Labute approximate surface area is 201 Å². The number of benzene rings is 1. The molecule has 2 fully saturated rings. The molecule has 2 atom stereocenters. The molecule has 1 aliphatic carbocycles. The number of halogens is 5. The number of pyridine rings is 1. The van der Waals surface area contributed by atoms with Crippen molar-refractivity contribution in [3.05, 3.63) is 51.3 Å². The summed E-state index contributed by atoms with van der Waals surface area (Å²) in [4.78, 5) is 37.5. The molecule has 7 nitrogen and oxygen atoms in total. The highest BCUT2D eigenvalue weighted by Crippen LogP contribution is 2.39. The minimum atomic E-state index is -5.12. The maximum Gasteiger partial charge on any atom is 0.471 e. The Bertz CT molecular complexity index is 1300. The number of hydrogen-bond acceptors (Lipinski definition) is 5.